The fraction of sp³-hybridized carbons (Fsp3) is 0.450. The maximum absolute atomic E-state index is 11.4. The fourth-order valence-electron chi connectivity index (χ4n) is 4.32. The Kier molecular flexibility index (Phi) is 5.03. The number of anilines is 1. The van der Waals surface area contributed by atoms with Gasteiger partial charge >= 0.3 is 5.97 Å². The number of hydrogen-bond donors (Lipinski definition) is 4. The van der Waals surface area contributed by atoms with E-state index in [0.717, 1.165) is 6.42 Å². The Morgan fingerprint density at radius 2 is 1.94 bits per heavy atom. The SMILES string of the molecule is CSc1nc(NC2CC2c2ccccc2)c2nnn([C@H]3C[C@@H](C(=O)O)[C@H](O)[C@@H]3O)c2n1. The zero-order valence-corrected chi connectivity index (χ0v) is 17.5. The van der Waals surface area contributed by atoms with Gasteiger partial charge in [0.2, 0.25) is 0 Å². The van der Waals surface area contributed by atoms with Crippen LogP contribution in [0.1, 0.15) is 30.4 Å². The number of hydrogen-bond acceptors (Lipinski definition) is 9. The van der Waals surface area contributed by atoms with Crippen molar-refractivity contribution in [3.8, 4) is 0 Å². The maximum atomic E-state index is 11.4. The molecule has 2 fully saturated rings. The van der Waals surface area contributed by atoms with Gasteiger partial charge in [-0.2, -0.15) is 0 Å². The van der Waals surface area contributed by atoms with Crippen molar-refractivity contribution in [2.45, 2.75) is 48.2 Å². The van der Waals surface area contributed by atoms with Gasteiger partial charge in [-0.15, -0.1) is 5.10 Å². The molecule has 3 aromatic rings. The number of aliphatic carboxylic acids is 1. The number of aliphatic hydroxyl groups excluding tert-OH is 2. The molecule has 0 spiro atoms. The summed E-state index contributed by atoms with van der Waals surface area (Å²) in [6.07, 6.45) is 0.222. The van der Waals surface area contributed by atoms with Crippen molar-refractivity contribution in [2.75, 3.05) is 11.6 Å². The third-order valence-corrected chi connectivity index (χ3v) is 6.66. The van der Waals surface area contributed by atoms with Crippen LogP contribution in [0, 0.1) is 5.92 Å². The second-order valence-electron chi connectivity index (χ2n) is 8.00. The zero-order valence-electron chi connectivity index (χ0n) is 16.7. The molecule has 6 atom stereocenters. The Morgan fingerprint density at radius 3 is 2.61 bits per heavy atom. The van der Waals surface area contributed by atoms with Crippen molar-refractivity contribution in [1.82, 2.24) is 25.0 Å². The van der Waals surface area contributed by atoms with E-state index < -0.39 is 30.1 Å². The molecule has 2 aromatic heterocycles. The molecule has 31 heavy (non-hydrogen) atoms. The number of rotatable bonds is 6. The average Bonchev–Trinajstić information content (AvgIpc) is 3.31. The minimum atomic E-state index is -1.38. The van der Waals surface area contributed by atoms with Gasteiger partial charge in [-0.25, -0.2) is 14.6 Å². The van der Waals surface area contributed by atoms with Crippen molar-refractivity contribution in [2.24, 2.45) is 5.92 Å². The van der Waals surface area contributed by atoms with Gasteiger partial charge in [0, 0.05) is 12.0 Å². The van der Waals surface area contributed by atoms with Gasteiger partial charge in [0.15, 0.2) is 22.1 Å². The molecule has 10 nitrogen and oxygen atoms in total. The Balaban J connectivity index is 1.46. The van der Waals surface area contributed by atoms with E-state index in [1.54, 1.807) is 0 Å². The number of carbonyl (C=O) groups is 1. The molecule has 2 unspecified atom stereocenters. The highest BCUT2D eigenvalue weighted by molar-refractivity contribution is 7.98. The number of thioether (sulfide) groups is 1. The number of carboxylic acid groups (broad SMARTS) is 1. The van der Waals surface area contributed by atoms with Crippen LogP contribution in [0.4, 0.5) is 5.82 Å². The smallest absolute Gasteiger partial charge is 0.309 e. The van der Waals surface area contributed by atoms with Gasteiger partial charge in [-0.1, -0.05) is 47.3 Å². The molecular weight excluding hydrogens is 420 g/mol. The van der Waals surface area contributed by atoms with Crippen LogP contribution in [-0.4, -0.2) is 70.8 Å². The summed E-state index contributed by atoms with van der Waals surface area (Å²) in [6.45, 7) is 0. The maximum Gasteiger partial charge on any atom is 0.309 e. The molecule has 0 amide bonds. The van der Waals surface area contributed by atoms with Crippen LogP contribution in [0.5, 0.6) is 0 Å². The Morgan fingerprint density at radius 1 is 1.16 bits per heavy atom. The van der Waals surface area contributed by atoms with E-state index in [0.29, 0.717) is 28.1 Å². The third kappa shape index (κ3) is 3.52. The van der Waals surface area contributed by atoms with E-state index >= 15 is 0 Å². The van der Waals surface area contributed by atoms with Crippen LogP contribution in [0.25, 0.3) is 11.2 Å². The second kappa shape index (κ2) is 7.74. The first-order valence-electron chi connectivity index (χ1n) is 10.0. The summed E-state index contributed by atoms with van der Waals surface area (Å²) in [5, 5.41) is 42.3. The summed E-state index contributed by atoms with van der Waals surface area (Å²) >= 11 is 1.37. The van der Waals surface area contributed by atoms with Crippen LogP contribution in [0.2, 0.25) is 0 Å². The summed E-state index contributed by atoms with van der Waals surface area (Å²) in [6, 6.07) is 9.74. The number of benzene rings is 1. The lowest BCUT2D eigenvalue weighted by atomic mass is 10.1. The second-order valence-corrected chi connectivity index (χ2v) is 8.77. The number of carboxylic acids is 1. The van der Waals surface area contributed by atoms with E-state index in [2.05, 4.69) is 37.7 Å². The number of nitrogens with zero attached hydrogens (tertiary/aromatic N) is 5. The third-order valence-electron chi connectivity index (χ3n) is 6.11. The van der Waals surface area contributed by atoms with Gasteiger partial charge in [0.05, 0.1) is 18.1 Å². The first-order valence-corrected chi connectivity index (χ1v) is 11.3. The van der Waals surface area contributed by atoms with Crippen molar-refractivity contribution >= 4 is 34.7 Å². The molecular formula is C20H22N6O4S. The highest BCUT2D eigenvalue weighted by Gasteiger charge is 2.47. The topological polar surface area (TPSA) is 146 Å². The molecule has 2 aliphatic rings. The molecule has 0 saturated heterocycles. The Labute approximate surface area is 181 Å². The normalized spacial score (nSPS) is 29.9. The summed E-state index contributed by atoms with van der Waals surface area (Å²) in [4.78, 5) is 20.5. The number of aliphatic hydroxyl groups is 2. The van der Waals surface area contributed by atoms with Gasteiger partial charge in [0.1, 0.15) is 6.10 Å². The van der Waals surface area contributed by atoms with Crippen LogP contribution < -0.4 is 5.32 Å². The lowest BCUT2D eigenvalue weighted by molar-refractivity contribution is -0.145. The monoisotopic (exact) mass is 442 g/mol. The van der Waals surface area contributed by atoms with Crippen LogP contribution in [-0.2, 0) is 4.79 Å². The molecule has 5 rings (SSSR count). The molecule has 0 aliphatic heterocycles. The lowest BCUT2D eigenvalue weighted by Crippen LogP contribution is -2.32. The van der Waals surface area contributed by atoms with E-state index in [9.17, 15) is 20.1 Å². The molecule has 4 N–H and O–H groups in total. The summed E-state index contributed by atoms with van der Waals surface area (Å²) in [7, 11) is 0. The van der Waals surface area contributed by atoms with Crippen LogP contribution >= 0.6 is 11.8 Å². The van der Waals surface area contributed by atoms with E-state index in [1.807, 2.05) is 24.5 Å². The van der Waals surface area contributed by atoms with Crippen LogP contribution in [0.3, 0.4) is 0 Å². The van der Waals surface area contributed by atoms with E-state index in [1.165, 1.54) is 22.0 Å². The lowest BCUT2D eigenvalue weighted by Gasteiger charge is -2.16. The Bertz CT molecular complexity index is 1130. The van der Waals surface area contributed by atoms with Crippen LogP contribution in [0.15, 0.2) is 35.5 Å². The molecule has 0 radical (unpaired) electrons. The van der Waals surface area contributed by atoms with E-state index in [-0.39, 0.29) is 12.5 Å². The van der Waals surface area contributed by atoms with Crippen molar-refractivity contribution in [3.05, 3.63) is 35.9 Å². The molecule has 2 aliphatic carbocycles. The van der Waals surface area contributed by atoms with Crippen molar-refractivity contribution < 1.29 is 20.1 Å². The van der Waals surface area contributed by atoms with Crippen molar-refractivity contribution in [3.63, 3.8) is 0 Å². The minimum absolute atomic E-state index is 0.0379. The number of nitrogens with one attached hydrogen (secondary N) is 1. The van der Waals surface area contributed by atoms with Gasteiger partial charge in [0.25, 0.3) is 0 Å². The summed E-state index contributed by atoms with van der Waals surface area (Å²) in [5.41, 5.74) is 2.12. The summed E-state index contributed by atoms with van der Waals surface area (Å²) in [5.74, 6) is -1.27. The zero-order chi connectivity index (χ0) is 21.7. The summed E-state index contributed by atoms with van der Waals surface area (Å²) < 4.78 is 1.42. The largest absolute Gasteiger partial charge is 0.481 e. The predicted molar refractivity (Wildman–Crippen MR) is 113 cm³/mol. The molecule has 2 heterocycles. The average molecular weight is 443 g/mol. The Hall–Kier alpha value is -2.76. The standard InChI is InChI=1S/C20H22N6O4S/c1-31-20-22-17(21-12-7-10(12)9-5-3-2-4-6-9)14-18(23-20)26(25-24-14)13-8-11(19(29)30)15(27)16(13)28/h2-6,10-13,15-16,27-28H,7-8H2,1H3,(H,29,30)(H,21,22,23)/t10?,11-,12?,13+,15+,16-/m1/s1. The molecule has 162 valence electrons. The number of fused-ring (bicyclic) bond motifs is 1. The predicted octanol–water partition coefficient (Wildman–Crippen LogP) is 1.28. The first-order chi connectivity index (χ1) is 15.0. The van der Waals surface area contributed by atoms with Gasteiger partial charge < -0.3 is 20.6 Å². The van der Waals surface area contributed by atoms with Gasteiger partial charge in [-0.05, 0) is 24.7 Å². The fourth-order valence-corrected chi connectivity index (χ4v) is 4.68. The molecule has 2 saturated carbocycles. The highest BCUT2D eigenvalue weighted by atomic mass is 32.2. The molecule has 11 heteroatoms. The first kappa shape index (κ1) is 20.2. The van der Waals surface area contributed by atoms with Gasteiger partial charge in [-0.3, -0.25) is 4.79 Å². The molecule has 0 bridgehead atoms. The minimum Gasteiger partial charge on any atom is -0.481 e. The van der Waals surface area contributed by atoms with Crippen molar-refractivity contribution in [1.29, 1.82) is 0 Å². The van der Waals surface area contributed by atoms with E-state index in [4.69, 9.17) is 0 Å². The molecule has 1 aromatic carbocycles. The highest BCUT2D eigenvalue weighted by Crippen LogP contribution is 2.43. The number of aromatic nitrogens is 5. The quantitative estimate of drug-likeness (QED) is 0.325.